The number of hydrogen-bond acceptors (Lipinski definition) is 2. The predicted molar refractivity (Wildman–Crippen MR) is 63.2 cm³/mol. The Labute approximate surface area is 93.4 Å². The van der Waals surface area contributed by atoms with Gasteiger partial charge in [0.1, 0.15) is 0 Å². The molecule has 1 aromatic carbocycles. The third-order valence-corrected chi connectivity index (χ3v) is 2.60. The normalized spacial score (nSPS) is 10.8. The molecule has 2 aromatic heterocycles. The summed E-state index contributed by atoms with van der Waals surface area (Å²) < 4.78 is 2.00. The van der Waals surface area contributed by atoms with Gasteiger partial charge in [-0.3, -0.25) is 4.40 Å². The van der Waals surface area contributed by atoms with E-state index < -0.39 is 0 Å². The molecule has 0 aliphatic heterocycles. The van der Waals surface area contributed by atoms with Gasteiger partial charge in [0.15, 0.2) is 11.5 Å². The standard InChI is InChI=1S/C13H11N3/c1-10-7-8-16-12(9-10)14-15-13(16)11-5-3-2-4-6-11/h2-9H,1H3. The average Bonchev–Trinajstić information content (AvgIpc) is 2.73. The maximum atomic E-state index is 4.22. The van der Waals surface area contributed by atoms with Crippen LogP contribution in [0.1, 0.15) is 5.56 Å². The van der Waals surface area contributed by atoms with Crippen LogP contribution in [0.5, 0.6) is 0 Å². The highest BCUT2D eigenvalue weighted by atomic mass is 15.2. The monoisotopic (exact) mass is 209 g/mol. The molecule has 3 rings (SSSR count). The number of aromatic nitrogens is 3. The quantitative estimate of drug-likeness (QED) is 0.616. The summed E-state index contributed by atoms with van der Waals surface area (Å²) in [7, 11) is 0. The Kier molecular flexibility index (Phi) is 1.96. The molecular formula is C13H11N3. The maximum absolute atomic E-state index is 4.22. The summed E-state index contributed by atoms with van der Waals surface area (Å²) in [5.74, 6) is 0.885. The Morgan fingerprint density at radius 2 is 1.81 bits per heavy atom. The number of fused-ring (bicyclic) bond motifs is 1. The molecule has 16 heavy (non-hydrogen) atoms. The Bertz CT molecular complexity index is 626. The number of nitrogens with zero attached hydrogens (tertiary/aromatic N) is 3. The summed E-state index contributed by atoms with van der Waals surface area (Å²) in [6.07, 6.45) is 2.01. The van der Waals surface area contributed by atoms with Gasteiger partial charge in [0.05, 0.1) is 0 Å². The van der Waals surface area contributed by atoms with Crippen molar-refractivity contribution in [3.05, 3.63) is 54.2 Å². The molecule has 0 amide bonds. The summed E-state index contributed by atoms with van der Waals surface area (Å²) in [4.78, 5) is 0. The van der Waals surface area contributed by atoms with Crippen LogP contribution in [0.4, 0.5) is 0 Å². The zero-order valence-corrected chi connectivity index (χ0v) is 8.96. The van der Waals surface area contributed by atoms with Gasteiger partial charge in [-0.05, 0) is 24.6 Å². The molecule has 0 bridgehead atoms. The fraction of sp³-hybridized carbons (Fsp3) is 0.0769. The molecule has 0 radical (unpaired) electrons. The van der Waals surface area contributed by atoms with E-state index >= 15 is 0 Å². The molecule has 0 fully saturated rings. The van der Waals surface area contributed by atoms with Crippen LogP contribution in [-0.2, 0) is 0 Å². The molecular weight excluding hydrogens is 198 g/mol. The van der Waals surface area contributed by atoms with Crippen LogP contribution in [-0.4, -0.2) is 14.6 Å². The second-order valence-electron chi connectivity index (χ2n) is 3.82. The SMILES string of the molecule is Cc1ccn2c(-c3ccccc3)nnc2c1. The topological polar surface area (TPSA) is 30.2 Å². The van der Waals surface area contributed by atoms with E-state index in [0.29, 0.717) is 0 Å². The van der Waals surface area contributed by atoms with Gasteiger partial charge in [-0.2, -0.15) is 0 Å². The highest BCUT2D eigenvalue weighted by Gasteiger charge is 2.06. The van der Waals surface area contributed by atoms with Crippen LogP contribution < -0.4 is 0 Å². The van der Waals surface area contributed by atoms with Crippen molar-refractivity contribution in [3.8, 4) is 11.4 Å². The van der Waals surface area contributed by atoms with Gasteiger partial charge in [0, 0.05) is 11.8 Å². The minimum absolute atomic E-state index is 0.885. The summed E-state index contributed by atoms with van der Waals surface area (Å²) in [5.41, 5.74) is 3.16. The van der Waals surface area contributed by atoms with E-state index in [1.165, 1.54) is 5.56 Å². The molecule has 0 aliphatic rings. The lowest BCUT2D eigenvalue weighted by Gasteiger charge is -1.99. The molecule has 78 valence electrons. The molecule has 0 atom stereocenters. The lowest BCUT2D eigenvalue weighted by Crippen LogP contribution is -1.89. The lowest BCUT2D eigenvalue weighted by atomic mass is 10.2. The summed E-state index contributed by atoms with van der Waals surface area (Å²) >= 11 is 0. The first-order chi connectivity index (χ1) is 7.84. The zero-order valence-electron chi connectivity index (χ0n) is 8.96. The Morgan fingerprint density at radius 3 is 2.62 bits per heavy atom. The summed E-state index contributed by atoms with van der Waals surface area (Å²) in [6.45, 7) is 2.05. The molecule has 3 heteroatoms. The average molecular weight is 209 g/mol. The molecule has 0 N–H and O–H groups in total. The second kappa shape index (κ2) is 3.45. The Morgan fingerprint density at radius 1 is 1.00 bits per heavy atom. The van der Waals surface area contributed by atoms with Gasteiger partial charge in [0.2, 0.25) is 0 Å². The molecule has 0 aliphatic carbocycles. The van der Waals surface area contributed by atoms with Gasteiger partial charge >= 0.3 is 0 Å². The second-order valence-corrected chi connectivity index (χ2v) is 3.82. The molecule has 0 saturated carbocycles. The fourth-order valence-electron chi connectivity index (χ4n) is 1.78. The zero-order chi connectivity index (χ0) is 11.0. The molecule has 3 nitrogen and oxygen atoms in total. The summed E-state index contributed by atoms with van der Waals surface area (Å²) in [5, 5.41) is 8.39. The van der Waals surface area contributed by atoms with Crippen LogP contribution in [0.25, 0.3) is 17.0 Å². The predicted octanol–water partition coefficient (Wildman–Crippen LogP) is 2.70. The molecule has 3 aromatic rings. The van der Waals surface area contributed by atoms with Crippen LogP contribution in [0.2, 0.25) is 0 Å². The highest BCUT2D eigenvalue weighted by Crippen LogP contribution is 2.17. The van der Waals surface area contributed by atoms with Crippen molar-refractivity contribution in [1.29, 1.82) is 0 Å². The number of pyridine rings is 1. The first kappa shape index (κ1) is 9.09. The van der Waals surface area contributed by atoms with Gasteiger partial charge < -0.3 is 0 Å². The van der Waals surface area contributed by atoms with E-state index in [1.807, 2.05) is 47.0 Å². The molecule has 2 heterocycles. The van der Waals surface area contributed by atoms with Crippen LogP contribution >= 0.6 is 0 Å². The fourth-order valence-corrected chi connectivity index (χ4v) is 1.78. The lowest BCUT2D eigenvalue weighted by molar-refractivity contribution is 1.11. The van der Waals surface area contributed by atoms with Crippen molar-refractivity contribution in [2.75, 3.05) is 0 Å². The van der Waals surface area contributed by atoms with Crippen molar-refractivity contribution in [2.45, 2.75) is 6.92 Å². The Hall–Kier alpha value is -2.16. The van der Waals surface area contributed by atoms with Crippen molar-refractivity contribution in [3.63, 3.8) is 0 Å². The third-order valence-electron chi connectivity index (χ3n) is 2.60. The van der Waals surface area contributed by atoms with E-state index in [9.17, 15) is 0 Å². The first-order valence-electron chi connectivity index (χ1n) is 5.21. The van der Waals surface area contributed by atoms with Gasteiger partial charge in [-0.15, -0.1) is 10.2 Å². The summed E-state index contributed by atoms with van der Waals surface area (Å²) in [6, 6.07) is 14.2. The molecule has 0 spiro atoms. The van der Waals surface area contributed by atoms with Crippen molar-refractivity contribution >= 4 is 5.65 Å². The minimum Gasteiger partial charge on any atom is -0.282 e. The maximum Gasteiger partial charge on any atom is 0.168 e. The van der Waals surface area contributed by atoms with Crippen molar-refractivity contribution < 1.29 is 0 Å². The van der Waals surface area contributed by atoms with Crippen LogP contribution in [0.15, 0.2) is 48.7 Å². The van der Waals surface area contributed by atoms with Gasteiger partial charge in [0.25, 0.3) is 0 Å². The van der Waals surface area contributed by atoms with Crippen molar-refractivity contribution in [2.24, 2.45) is 0 Å². The van der Waals surface area contributed by atoms with Gasteiger partial charge in [-0.1, -0.05) is 30.3 Å². The molecule has 0 saturated heterocycles. The van der Waals surface area contributed by atoms with E-state index in [1.54, 1.807) is 0 Å². The number of benzene rings is 1. The van der Waals surface area contributed by atoms with E-state index in [2.05, 4.69) is 23.2 Å². The number of aryl methyl sites for hydroxylation is 1. The smallest absolute Gasteiger partial charge is 0.168 e. The first-order valence-corrected chi connectivity index (χ1v) is 5.21. The van der Waals surface area contributed by atoms with Crippen molar-refractivity contribution in [1.82, 2.24) is 14.6 Å². The molecule has 0 unspecified atom stereocenters. The van der Waals surface area contributed by atoms with Gasteiger partial charge in [-0.25, -0.2) is 0 Å². The highest BCUT2D eigenvalue weighted by molar-refractivity contribution is 5.59. The Balaban J connectivity index is 2.26. The van der Waals surface area contributed by atoms with E-state index in [4.69, 9.17) is 0 Å². The van der Waals surface area contributed by atoms with Crippen LogP contribution in [0.3, 0.4) is 0 Å². The van der Waals surface area contributed by atoms with E-state index in [0.717, 1.165) is 17.0 Å². The minimum atomic E-state index is 0.885. The largest absolute Gasteiger partial charge is 0.282 e. The van der Waals surface area contributed by atoms with Crippen LogP contribution in [0, 0.1) is 6.92 Å². The third kappa shape index (κ3) is 1.37. The number of hydrogen-bond donors (Lipinski definition) is 0. The van der Waals surface area contributed by atoms with E-state index in [-0.39, 0.29) is 0 Å². The number of rotatable bonds is 1.